The lowest BCUT2D eigenvalue weighted by Crippen LogP contribution is -2.16. The Balaban J connectivity index is 1.01. The Morgan fingerprint density at radius 1 is 0.393 bits per heavy atom. The normalized spacial score (nSPS) is 13.2. The second-order valence-electron chi connectivity index (χ2n) is 16.8. The maximum Gasteiger partial charge on any atom is 0.137 e. The fourth-order valence-corrected chi connectivity index (χ4v) is 11.3. The van der Waals surface area contributed by atoms with Gasteiger partial charge in [-0.15, -0.1) is 11.3 Å². The molecular formula is C57H37NO2S. The van der Waals surface area contributed by atoms with Gasteiger partial charge in [-0.3, -0.25) is 0 Å². The van der Waals surface area contributed by atoms with Gasteiger partial charge in [0.2, 0.25) is 0 Å². The molecule has 0 unspecified atom stereocenters. The van der Waals surface area contributed by atoms with Gasteiger partial charge in [-0.05, 0) is 117 Å². The SMILES string of the molecule is CC1(C)c2ccccc2-c2ccc(N(c3ccc(-c4cccc5sc6ccccc6c45)cc3)c3cccc4oc5cc6c(cc5c34)oc3cc(-c4ccccc4)ccc36)cc21. The second kappa shape index (κ2) is 12.8. The molecule has 61 heavy (non-hydrogen) atoms. The molecule has 9 aromatic carbocycles. The van der Waals surface area contributed by atoms with Gasteiger partial charge in [-0.25, -0.2) is 0 Å². The van der Waals surface area contributed by atoms with Crippen molar-refractivity contribution in [2.75, 3.05) is 4.90 Å². The van der Waals surface area contributed by atoms with Gasteiger partial charge in [-0.1, -0.05) is 129 Å². The minimum Gasteiger partial charge on any atom is -0.456 e. The van der Waals surface area contributed by atoms with Crippen molar-refractivity contribution in [2.24, 2.45) is 0 Å². The van der Waals surface area contributed by atoms with Crippen molar-refractivity contribution in [1.82, 2.24) is 0 Å². The summed E-state index contributed by atoms with van der Waals surface area (Å²) in [5.41, 5.74) is 16.5. The molecular weight excluding hydrogens is 763 g/mol. The van der Waals surface area contributed by atoms with E-state index in [2.05, 4.69) is 201 Å². The zero-order valence-corrected chi connectivity index (χ0v) is 34.4. The van der Waals surface area contributed by atoms with Gasteiger partial charge in [0.1, 0.15) is 22.3 Å². The Bertz CT molecular complexity index is 3740. The summed E-state index contributed by atoms with van der Waals surface area (Å²) >= 11 is 1.86. The van der Waals surface area contributed by atoms with Gasteiger partial charge in [0.15, 0.2) is 0 Å². The summed E-state index contributed by atoms with van der Waals surface area (Å²) in [5, 5.41) is 6.81. The number of rotatable bonds is 5. The molecule has 1 aliphatic carbocycles. The predicted octanol–water partition coefficient (Wildman–Crippen LogP) is 17.0. The summed E-state index contributed by atoms with van der Waals surface area (Å²) in [6.07, 6.45) is 0. The average molecular weight is 800 g/mol. The van der Waals surface area contributed by atoms with Crippen LogP contribution >= 0.6 is 11.3 Å². The molecule has 288 valence electrons. The zero-order valence-electron chi connectivity index (χ0n) is 33.6. The number of furan rings is 2. The number of hydrogen-bond acceptors (Lipinski definition) is 4. The van der Waals surface area contributed by atoms with Crippen molar-refractivity contribution in [3.05, 3.63) is 199 Å². The molecule has 0 saturated carbocycles. The highest BCUT2D eigenvalue weighted by molar-refractivity contribution is 7.25. The van der Waals surface area contributed by atoms with Gasteiger partial charge >= 0.3 is 0 Å². The van der Waals surface area contributed by atoms with Crippen LogP contribution in [-0.2, 0) is 5.41 Å². The molecule has 0 saturated heterocycles. The summed E-state index contributed by atoms with van der Waals surface area (Å²) in [6.45, 7) is 4.70. The van der Waals surface area contributed by atoms with Crippen molar-refractivity contribution < 1.29 is 8.83 Å². The summed E-state index contributed by atoms with van der Waals surface area (Å²) in [7, 11) is 0. The van der Waals surface area contributed by atoms with Crippen molar-refractivity contribution in [1.29, 1.82) is 0 Å². The van der Waals surface area contributed by atoms with Gasteiger partial charge < -0.3 is 13.7 Å². The van der Waals surface area contributed by atoms with Crippen LogP contribution < -0.4 is 4.90 Å². The number of thiophene rings is 1. The largest absolute Gasteiger partial charge is 0.456 e. The maximum absolute atomic E-state index is 6.76. The smallest absolute Gasteiger partial charge is 0.137 e. The highest BCUT2D eigenvalue weighted by atomic mass is 32.1. The first-order valence-corrected chi connectivity index (χ1v) is 21.7. The average Bonchev–Trinajstić information content (AvgIpc) is 4.04. The highest BCUT2D eigenvalue weighted by Gasteiger charge is 2.36. The van der Waals surface area contributed by atoms with Gasteiger partial charge in [-0.2, -0.15) is 0 Å². The van der Waals surface area contributed by atoms with E-state index >= 15 is 0 Å². The zero-order chi connectivity index (χ0) is 40.4. The molecule has 3 heterocycles. The lowest BCUT2D eigenvalue weighted by Gasteiger charge is -2.28. The van der Waals surface area contributed by atoms with Crippen LogP contribution in [0.15, 0.2) is 197 Å². The molecule has 0 aliphatic heterocycles. The monoisotopic (exact) mass is 799 g/mol. The molecule has 0 atom stereocenters. The first kappa shape index (κ1) is 34.5. The van der Waals surface area contributed by atoms with E-state index in [1.54, 1.807) is 0 Å². The lowest BCUT2D eigenvalue weighted by molar-refractivity contribution is 0.660. The van der Waals surface area contributed by atoms with Crippen molar-refractivity contribution in [3.63, 3.8) is 0 Å². The molecule has 0 amide bonds. The molecule has 0 N–H and O–H groups in total. The van der Waals surface area contributed by atoms with Crippen LogP contribution in [0.5, 0.6) is 0 Å². The molecule has 0 radical (unpaired) electrons. The van der Waals surface area contributed by atoms with Crippen LogP contribution in [0.25, 0.3) is 97.4 Å². The lowest BCUT2D eigenvalue weighted by atomic mass is 9.82. The molecule has 3 aromatic heterocycles. The van der Waals surface area contributed by atoms with E-state index in [4.69, 9.17) is 8.83 Å². The summed E-state index contributed by atoms with van der Waals surface area (Å²) in [5.74, 6) is 0. The Hall–Kier alpha value is -7.40. The summed E-state index contributed by atoms with van der Waals surface area (Å²) in [6, 6.07) is 68.1. The number of nitrogens with zero attached hydrogens (tertiary/aromatic N) is 1. The third-order valence-corrected chi connectivity index (χ3v) is 14.2. The first-order chi connectivity index (χ1) is 30.0. The third-order valence-electron chi connectivity index (χ3n) is 13.1. The van der Waals surface area contributed by atoms with Crippen molar-refractivity contribution >= 4 is 92.4 Å². The van der Waals surface area contributed by atoms with Crippen LogP contribution in [0, 0.1) is 0 Å². The standard InChI is InChI=1S/C57H37NO2S/c1-57(2)46-17-8-6-14-40(46)41-29-27-38(31-47(41)57)58(37-25-22-35(23-26-37)39-16-10-21-54-55(39)43-15-7-9-20-53(43)61-54)48-18-11-19-49-56(48)45-33-51-44(32-52(45)59-49)42-28-24-36(30-50(42)60-51)34-12-4-3-5-13-34/h3-33H,1-2H3. The summed E-state index contributed by atoms with van der Waals surface area (Å²) in [4.78, 5) is 2.41. The van der Waals surface area contributed by atoms with E-state index in [1.165, 1.54) is 59.1 Å². The van der Waals surface area contributed by atoms with E-state index in [0.29, 0.717) is 0 Å². The first-order valence-electron chi connectivity index (χ1n) is 20.9. The van der Waals surface area contributed by atoms with E-state index < -0.39 is 0 Å². The minimum absolute atomic E-state index is 0.152. The van der Waals surface area contributed by atoms with Crippen LogP contribution in [0.4, 0.5) is 17.1 Å². The van der Waals surface area contributed by atoms with Crippen molar-refractivity contribution in [2.45, 2.75) is 19.3 Å². The van der Waals surface area contributed by atoms with Crippen LogP contribution in [0.2, 0.25) is 0 Å². The van der Waals surface area contributed by atoms with E-state index in [0.717, 1.165) is 66.5 Å². The number of hydrogen-bond donors (Lipinski definition) is 0. The molecule has 0 fully saturated rings. The highest BCUT2D eigenvalue weighted by Crippen LogP contribution is 2.52. The number of benzene rings is 9. The molecule has 4 heteroatoms. The third kappa shape index (κ3) is 5.09. The topological polar surface area (TPSA) is 29.5 Å². The molecule has 0 spiro atoms. The van der Waals surface area contributed by atoms with Crippen molar-refractivity contribution in [3.8, 4) is 33.4 Å². The molecule has 3 nitrogen and oxygen atoms in total. The Kier molecular flexibility index (Phi) is 7.23. The molecule has 1 aliphatic rings. The summed E-state index contributed by atoms with van der Waals surface area (Å²) < 4.78 is 16.0. The van der Waals surface area contributed by atoms with Gasteiger partial charge in [0, 0.05) is 53.1 Å². The minimum atomic E-state index is -0.152. The van der Waals surface area contributed by atoms with Crippen LogP contribution in [0.3, 0.4) is 0 Å². The number of fused-ring (bicyclic) bond motifs is 12. The Morgan fingerprint density at radius 3 is 1.97 bits per heavy atom. The van der Waals surface area contributed by atoms with Gasteiger partial charge in [0.05, 0.1) is 11.1 Å². The second-order valence-corrected chi connectivity index (χ2v) is 17.9. The van der Waals surface area contributed by atoms with E-state index in [9.17, 15) is 0 Å². The Labute approximate surface area is 356 Å². The van der Waals surface area contributed by atoms with Crippen LogP contribution in [0.1, 0.15) is 25.0 Å². The van der Waals surface area contributed by atoms with E-state index in [-0.39, 0.29) is 5.41 Å². The molecule has 13 rings (SSSR count). The quantitative estimate of drug-likeness (QED) is 0.174. The van der Waals surface area contributed by atoms with Crippen LogP contribution in [-0.4, -0.2) is 0 Å². The fourth-order valence-electron chi connectivity index (χ4n) is 10.1. The number of anilines is 3. The van der Waals surface area contributed by atoms with E-state index in [1.807, 2.05) is 17.4 Å². The predicted molar refractivity (Wildman–Crippen MR) is 257 cm³/mol. The Morgan fingerprint density at radius 2 is 1.07 bits per heavy atom. The maximum atomic E-state index is 6.76. The van der Waals surface area contributed by atoms with Gasteiger partial charge in [0.25, 0.3) is 0 Å². The fraction of sp³-hybridized carbons (Fsp3) is 0.0526. The molecule has 12 aromatic rings. The molecule has 0 bridgehead atoms.